The van der Waals surface area contributed by atoms with Crippen LogP contribution in [-0.4, -0.2) is 16.3 Å². The zero-order valence-corrected chi connectivity index (χ0v) is 8.25. The highest BCUT2D eigenvalue weighted by Gasteiger charge is 2.12. The molecule has 8 heteroatoms. The van der Waals surface area contributed by atoms with E-state index in [4.69, 9.17) is 16.1 Å². The number of anilines is 2. The number of primary amides is 1. The van der Waals surface area contributed by atoms with Gasteiger partial charge in [0.1, 0.15) is 0 Å². The lowest BCUT2D eigenvalue weighted by molar-refractivity contribution is 0.0288. The van der Waals surface area contributed by atoms with Crippen molar-refractivity contribution in [1.82, 2.24) is 0 Å². The third-order valence-electron chi connectivity index (χ3n) is 2.05. The van der Waals surface area contributed by atoms with Gasteiger partial charge in [-0.1, -0.05) is 0 Å². The molecule has 0 spiro atoms. The second-order valence-corrected chi connectivity index (χ2v) is 3.05. The van der Waals surface area contributed by atoms with Gasteiger partial charge in [-0.25, -0.2) is 0 Å². The summed E-state index contributed by atoms with van der Waals surface area (Å²) in [6.45, 7) is 1.32. The van der Waals surface area contributed by atoms with Crippen molar-refractivity contribution >= 4 is 17.3 Å². The van der Waals surface area contributed by atoms with Gasteiger partial charge < -0.3 is 21.4 Å². The molecule has 0 aliphatic rings. The average molecular weight is 227 g/mol. The molecule has 0 aliphatic heterocycles. The molecule has 0 aromatic heterocycles. The zero-order chi connectivity index (χ0) is 12.5. The summed E-state index contributed by atoms with van der Waals surface area (Å²) in [5.41, 5.74) is 4.10. The van der Waals surface area contributed by atoms with Crippen molar-refractivity contribution in [2.75, 3.05) is 10.5 Å². The molecule has 1 aromatic carbocycles. The minimum Gasteiger partial charge on any atom is -0.769 e. The first-order valence-electron chi connectivity index (χ1n) is 4.11. The number of benzene rings is 1. The van der Waals surface area contributed by atoms with E-state index in [9.17, 15) is 15.2 Å². The third-order valence-corrected chi connectivity index (χ3v) is 2.05. The molecule has 0 saturated heterocycles. The van der Waals surface area contributed by atoms with Crippen molar-refractivity contribution in [2.24, 2.45) is 5.73 Å². The molecular formula is C8H9N3O5-2. The minimum absolute atomic E-state index is 0.0139. The Bertz CT molecular complexity index is 389. The highest BCUT2D eigenvalue weighted by Crippen LogP contribution is 2.29. The Hall–Kier alpha value is -1.87. The molecule has 0 radical (unpaired) electrons. The zero-order valence-electron chi connectivity index (χ0n) is 8.25. The summed E-state index contributed by atoms with van der Waals surface area (Å²) in [7, 11) is 0. The maximum absolute atomic E-state index is 10.9. The lowest BCUT2D eigenvalue weighted by atomic mass is 10.1. The molecule has 0 atom stereocenters. The minimum atomic E-state index is -0.897. The maximum Gasteiger partial charge on any atom is 0.248 e. The summed E-state index contributed by atoms with van der Waals surface area (Å²) in [6, 6.07) is 2.02. The molecule has 16 heavy (non-hydrogen) atoms. The number of carbonyl (C=O) groups excluding carboxylic acids is 1. The first-order valence-corrected chi connectivity index (χ1v) is 4.11. The fraction of sp³-hybridized carbons (Fsp3) is 0.125. The van der Waals surface area contributed by atoms with Crippen LogP contribution < -0.4 is 16.2 Å². The predicted molar refractivity (Wildman–Crippen MR) is 55.0 cm³/mol. The van der Waals surface area contributed by atoms with E-state index < -0.39 is 16.8 Å². The monoisotopic (exact) mass is 227 g/mol. The van der Waals surface area contributed by atoms with E-state index in [2.05, 4.69) is 0 Å². The van der Waals surface area contributed by atoms with E-state index >= 15 is 0 Å². The van der Waals surface area contributed by atoms with Gasteiger partial charge in [-0.15, -0.1) is 5.23 Å². The van der Waals surface area contributed by atoms with Gasteiger partial charge in [0.2, 0.25) is 5.91 Å². The molecule has 0 aliphatic carbocycles. The predicted octanol–water partition coefficient (Wildman–Crippen LogP) is 0.481. The standard InChI is InChI=1S/C8H9N3O5/c1-4-6(10(13)14)2-5(8(9)12)3-7(4)11(15)16/h2-3,13-14H,1H3,(H2,9,12)/q-2. The largest absolute Gasteiger partial charge is 0.769 e. The number of carbonyl (C=O) groups is 1. The lowest BCUT2D eigenvalue weighted by Gasteiger charge is -2.39. The van der Waals surface area contributed by atoms with Crippen molar-refractivity contribution in [3.63, 3.8) is 0 Å². The smallest absolute Gasteiger partial charge is 0.248 e. The maximum atomic E-state index is 10.9. The summed E-state index contributed by atoms with van der Waals surface area (Å²) in [4.78, 5) is 10.9. The van der Waals surface area contributed by atoms with E-state index in [1.54, 1.807) is 0 Å². The SMILES string of the molecule is Cc1c(N([O-])[O-])cc(C(N)=O)cc1N(O)O. The number of amides is 1. The second kappa shape index (κ2) is 4.33. The highest BCUT2D eigenvalue weighted by atomic mass is 16.8. The van der Waals surface area contributed by atoms with Crippen molar-refractivity contribution in [3.05, 3.63) is 33.7 Å². The van der Waals surface area contributed by atoms with Gasteiger partial charge in [0.05, 0.1) is 5.69 Å². The van der Waals surface area contributed by atoms with Gasteiger partial charge in [0, 0.05) is 11.3 Å². The van der Waals surface area contributed by atoms with Crippen LogP contribution in [0.15, 0.2) is 12.1 Å². The van der Waals surface area contributed by atoms with Gasteiger partial charge in [-0.3, -0.25) is 15.2 Å². The Morgan fingerprint density at radius 3 is 2.19 bits per heavy atom. The van der Waals surface area contributed by atoms with Crippen LogP contribution in [0.25, 0.3) is 0 Å². The van der Waals surface area contributed by atoms with E-state index in [-0.39, 0.29) is 22.0 Å². The van der Waals surface area contributed by atoms with Crippen molar-refractivity contribution < 1.29 is 15.2 Å². The second-order valence-electron chi connectivity index (χ2n) is 3.05. The molecule has 0 saturated carbocycles. The summed E-state index contributed by atoms with van der Waals surface area (Å²) < 4.78 is 0. The van der Waals surface area contributed by atoms with Crippen LogP contribution in [0.3, 0.4) is 0 Å². The summed E-state index contributed by atoms with van der Waals surface area (Å²) >= 11 is 0. The molecule has 8 nitrogen and oxygen atoms in total. The van der Waals surface area contributed by atoms with E-state index in [1.807, 2.05) is 0 Å². The van der Waals surface area contributed by atoms with Crippen LogP contribution >= 0.6 is 0 Å². The number of nitrogens with zero attached hydrogens (tertiary/aromatic N) is 2. The fourth-order valence-corrected chi connectivity index (χ4v) is 1.22. The van der Waals surface area contributed by atoms with Crippen LogP contribution in [0.2, 0.25) is 0 Å². The highest BCUT2D eigenvalue weighted by molar-refractivity contribution is 5.95. The van der Waals surface area contributed by atoms with Gasteiger partial charge in [-0.05, 0) is 24.6 Å². The first kappa shape index (κ1) is 12.2. The number of hydrogen-bond donors (Lipinski definition) is 3. The molecule has 1 rings (SSSR count). The normalized spacial score (nSPS) is 10.1. The lowest BCUT2D eigenvalue weighted by Crippen LogP contribution is -2.18. The molecule has 0 bridgehead atoms. The molecule has 0 heterocycles. The van der Waals surface area contributed by atoms with Gasteiger partial charge in [0.15, 0.2) is 0 Å². The van der Waals surface area contributed by atoms with Crippen LogP contribution in [0.5, 0.6) is 0 Å². The molecular weight excluding hydrogens is 218 g/mol. The summed E-state index contributed by atoms with van der Waals surface area (Å²) in [6.07, 6.45) is 0. The molecule has 4 N–H and O–H groups in total. The Balaban J connectivity index is 3.45. The first-order chi connectivity index (χ1) is 7.34. The van der Waals surface area contributed by atoms with E-state index in [0.29, 0.717) is 0 Å². The number of nitrogens with two attached hydrogens (primary N) is 1. The molecule has 1 aromatic rings. The quantitative estimate of drug-likeness (QED) is 0.638. The Morgan fingerprint density at radius 1 is 1.31 bits per heavy atom. The van der Waals surface area contributed by atoms with Gasteiger partial charge in [0.25, 0.3) is 0 Å². The molecule has 88 valence electrons. The molecule has 0 unspecified atom stereocenters. The van der Waals surface area contributed by atoms with E-state index in [1.165, 1.54) is 6.92 Å². The van der Waals surface area contributed by atoms with Crippen LogP contribution in [0.1, 0.15) is 15.9 Å². The van der Waals surface area contributed by atoms with Crippen LogP contribution in [0.4, 0.5) is 11.4 Å². The number of rotatable bonds is 3. The van der Waals surface area contributed by atoms with Crippen LogP contribution in [0, 0.1) is 17.3 Å². The van der Waals surface area contributed by atoms with Crippen molar-refractivity contribution in [2.45, 2.75) is 6.92 Å². The Kier molecular flexibility index (Phi) is 3.30. The topological polar surface area (TPSA) is 136 Å². The summed E-state index contributed by atoms with van der Waals surface area (Å²) in [5, 5.41) is 37.9. The summed E-state index contributed by atoms with van der Waals surface area (Å²) in [5.74, 6) is -0.897. The Labute approximate surface area is 90.2 Å². The van der Waals surface area contributed by atoms with Gasteiger partial charge in [-0.2, -0.15) is 0 Å². The fourth-order valence-electron chi connectivity index (χ4n) is 1.22. The van der Waals surface area contributed by atoms with Crippen molar-refractivity contribution in [1.29, 1.82) is 0 Å². The Morgan fingerprint density at radius 2 is 1.81 bits per heavy atom. The number of hydrogen-bond acceptors (Lipinski definition) is 7. The molecule has 1 amide bonds. The third kappa shape index (κ3) is 2.20. The van der Waals surface area contributed by atoms with Gasteiger partial charge >= 0.3 is 0 Å². The van der Waals surface area contributed by atoms with Crippen LogP contribution in [-0.2, 0) is 0 Å². The van der Waals surface area contributed by atoms with Crippen molar-refractivity contribution in [3.8, 4) is 0 Å². The molecule has 0 fully saturated rings. The average Bonchev–Trinajstić information content (AvgIpc) is 2.16. The van der Waals surface area contributed by atoms with E-state index in [0.717, 1.165) is 12.1 Å².